The van der Waals surface area contributed by atoms with Crippen LogP contribution < -0.4 is 0 Å². The molecule has 6 nitrogen and oxygen atoms in total. The summed E-state index contributed by atoms with van der Waals surface area (Å²) in [4.78, 5) is 24.1. The van der Waals surface area contributed by atoms with Crippen LogP contribution in [0.5, 0.6) is 0 Å². The van der Waals surface area contributed by atoms with E-state index >= 15 is 0 Å². The lowest BCUT2D eigenvalue weighted by molar-refractivity contribution is -0.137. The zero-order valence-electron chi connectivity index (χ0n) is 13.3. The second kappa shape index (κ2) is 8.22. The summed E-state index contributed by atoms with van der Waals surface area (Å²) in [5, 5.41) is 8.54. The molecule has 1 fully saturated rings. The quantitative estimate of drug-likeness (QED) is 0.763. The zero-order chi connectivity index (χ0) is 15.9. The highest BCUT2D eigenvalue weighted by Crippen LogP contribution is 2.19. The van der Waals surface area contributed by atoms with Gasteiger partial charge in [-0.15, -0.1) is 0 Å². The molecule has 0 bridgehead atoms. The molecule has 0 saturated carbocycles. The third-order valence-electron chi connectivity index (χ3n) is 3.20. The van der Waals surface area contributed by atoms with Gasteiger partial charge in [0.05, 0.1) is 6.61 Å². The summed E-state index contributed by atoms with van der Waals surface area (Å²) >= 11 is 0. The van der Waals surface area contributed by atoms with Gasteiger partial charge >= 0.3 is 12.1 Å². The fourth-order valence-corrected chi connectivity index (χ4v) is 2.27. The zero-order valence-corrected chi connectivity index (χ0v) is 13.3. The Balaban J connectivity index is 2.25. The first kappa shape index (κ1) is 17.8. The van der Waals surface area contributed by atoms with Crippen LogP contribution in [0.3, 0.4) is 0 Å². The van der Waals surface area contributed by atoms with Crippen molar-refractivity contribution < 1.29 is 24.2 Å². The minimum Gasteiger partial charge on any atom is -0.481 e. The Morgan fingerprint density at radius 1 is 1.33 bits per heavy atom. The fourth-order valence-electron chi connectivity index (χ4n) is 2.27. The van der Waals surface area contributed by atoms with Gasteiger partial charge in [0.15, 0.2) is 0 Å². The minimum absolute atomic E-state index is 0.134. The average molecular weight is 301 g/mol. The number of aliphatic carboxylic acids is 1. The second-order valence-electron chi connectivity index (χ2n) is 6.51. The van der Waals surface area contributed by atoms with Gasteiger partial charge in [0.25, 0.3) is 0 Å². The van der Waals surface area contributed by atoms with Gasteiger partial charge in [-0.1, -0.05) is 0 Å². The summed E-state index contributed by atoms with van der Waals surface area (Å²) < 4.78 is 10.9. The van der Waals surface area contributed by atoms with Crippen LogP contribution >= 0.6 is 0 Å². The number of ether oxygens (including phenoxy) is 2. The molecule has 1 unspecified atom stereocenters. The first-order chi connectivity index (χ1) is 9.78. The predicted molar refractivity (Wildman–Crippen MR) is 78.2 cm³/mol. The van der Waals surface area contributed by atoms with Gasteiger partial charge in [-0.25, -0.2) is 4.79 Å². The molecule has 0 aliphatic carbocycles. The highest BCUT2D eigenvalue weighted by atomic mass is 16.6. The molecule has 0 aromatic rings. The van der Waals surface area contributed by atoms with Gasteiger partial charge in [0, 0.05) is 32.0 Å². The van der Waals surface area contributed by atoms with E-state index in [2.05, 4.69) is 0 Å². The Hall–Kier alpha value is -1.30. The summed E-state index contributed by atoms with van der Waals surface area (Å²) in [7, 11) is 0. The fraction of sp³-hybridized carbons (Fsp3) is 0.867. The minimum atomic E-state index is -0.799. The molecule has 21 heavy (non-hydrogen) atoms. The van der Waals surface area contributed by atoms with Gasteiger partial charge in [-0.2, -0.15) is 0 Å². The number of carbonyl (C=O) groups excluding carboxylic acids is 1. The second-order valence-corrected chi connectivity index (χ2v) is 6.51. The summed E-state index contributed by atoms with van der Waals surface area (Å²) in [5.41, 5.74) is -0.475. The highest BCUT2D eigenvalue weighted by molar-refractivity contribution is 5.68. The van der Waals surface area contributed by atoms with E-state index in [-0.39, 0.29) is 12.5 Å². The molecule has 1 aliphatic heterocycles. The molecule has 0 aromatic carbocycles. The van der Waals surface area contributed by atoms with Crippen molar-refractivity contribution in [1.29, 1.82) is 0 Å². The molecule has 1 atom stereocenters. The first-order valence-corrected chi connectivity index (χ1v) is 7.55. The van der Waals surface area contributed by atoms with Gasteiger partial charge in [-0.3, -0.25) is 4.79 Å². The van der Waals surface area contributed by atoms with E-state index in [9.17, 15) is 9.59 Å². The van der Waals surface area contributed by atoms with Crippen LogP contribution in [0, 0.1) is 5.92 Å². The Labute approximate surface area is 126 Å². The molecule has 0 radical (unpaired) electrons. The molecule has 6 heteroatoms. The topological polar surface area (TPSA) is 76.1 Å². The number of amides is 1. The van der Waals surface area contributed by atoms with Crippen molar-refractivity contribution in [2.45, 2.75) is 52.1 Å². The molecule has 1 heterocycles. The molecule has 0 aromatic heterocycles. The Kier molecular flexibility index (Phi) is 6.95. The normalized spacial score (nSPS) is 19.4. The largest absolute Gasteiger partial charge is 0.481 e. The van der Waals surface area contributed by atoms with Gasteiger partial charge < -0.3 is 19.5 Å². The Bertz CT molecular complexity index is 350. The lowest BCUT2D eigenvalue weighted by atomic mass is 9.99. The third kappa shape index (κ3) is 7.90. The van der Waals surface area contributed by atoms with E-state index < -0.39 is 11.6 Å². The Morgan fingerprint density at radius 2 is 2.05 bits per heavy atom. The molecule has 1 N–H and O–H groups in total. The number of piperidine rings is 1. The molecule has 1 rings (SSSR count). The van der Waals surface area contributed by atoms with Crippen molar-refractivity contribution >= 4 is 12.1 Å². The van der Waals surface area contributed by atoms with Crippen molar-refractivity contribution in [2.24, 2.45) is 5.92 Å². The lowest BCUT2D eigenvalue weighted by Gasteiger charge is -2.34. The Morgan fingerprint density at radius 3 is 2.67 bits per heavy atom. The van der Waals surface area contributed by atoms with E-state index in [0.717, 1.165) is 19.4 Å². The summed E-state index contributed by atoms with van der Waals surface area (Å²) in [6.45, 7) is 7.97. The van der Waals surface area contributed by atoms with Crippen molar-refractivity contribution in [3.8, 4) is 0 Å². The van der Waals surface area contributed by atoms with E-state index in [1.54, 1.807) is 4.90 Å². The number of carbonyl (C=O) groups is 2. The van der Waals surface area contributed by atoms with Crippen molar-refractivity contribution in [2.75, 3.05) is 26.3 Å². The molecular formula is C15H27NO5. The highest BCUT2D eigenvalue weighted by Gasteiger charge is 2.27. The van der Waals surface area contributed by atoms with Crippen molar-refractivity contribution in [1.82, 2.24) is 4.90 Å². The van der Waals surface area contributed by atoms with Crippen molar-refractivity contribution in [3.63, 3.8) is 0 Å². The number of hydrogen-bond donors (Lipinski definition) is 1. The lowest BCUT2D eigenvalue weighted by Crippen LogP contribution is -2.43. The van der Waals surface area contributed by atoms with Gasteiger partial charge in [-0.05, 0) is 40.0 Å². The van der Waals surface area contributed by atoms with Crippen LogP contribution in [0.2, 0.25) is 0 Å². The molecule has 0 spiro atoms. The van der Waals surface area contributed by atoms with E-state index in [1.807, 2.05) is 20.8 Å². The van der Waals surface area contributed by atoms with Crippen LogP contribution in [-0.4, -0.2) is 54.0 Å². The van der Waals surface area contributed by atoms with Crippen LogP contribution in [0.1, 0.15) is 46.5 Å². The molecule has 1 amide bonds. The van der Waals surface area contributed by atoms with Gasteiger partial charge in [0.1, 0.15) is 5.60 Å². The maximum atomic E-state index is 12.0. The smallest absolute Gasteiger partial charge is 0.410 e. The summed E-state index contributed by atoms with van der Waals surface area (Å²) in [6, 6.07) is 0. The van der Waals surface area contributed by atoms with Crippen LogP contribution in [-0.2, 0) is 14.3 Å². The van der Waals surface area contributed by atoms with Crippen LogP contribution in [0.4, 0.5) is 4.79 Å². The third-order valence-corrected chi connectivity index (χ3v) is 3.20. The van der Waals surface area contributed by atoms with E-state index in [4.69, 9.17) is 14.6 Å². The number of rotatable bonds is 6. The van der Waals surface area contributed by atoms with Crippen molar-refractivity contribution in [3.05, 3.63) is 0 Å². The van der Waals surface area contributed by atoms with Gasteiger partial charge in [0.2, 0.25) is 0 Å². The molecular weight excluding hydrogens is 274 g/mol. The molecule has 1 aliphatic rings. The summed E-state index contributed by atoms with van der Waals surface area (Å²) in [5.74, 6) is -0.497. The number of hydrogen-bond acceptors (Lipinski definition) is 4. The summed E-state index contributed by atoms with van der Waals surface area (Å²) in [6.07, 6.45) is 2.37. The van der Waals surface area contributed by atoms with Crippen LogP contribution in [0.15, 0.2) is 0 Å². The SMILES string of the molecule is CC(C)(C)OC(=O)N1CCCC(COCCCC(=O)O)C1. The average Bonchev–Trinajstić information content (AvgIpc) is 2.36. The molecule has 122 valence electrons. The first-order valence-electron chi connectivity index (χ1n) is 7.55. The predicted octanol–water partition coefficient (Wildman–Crippen LogP) is 2.51. The van der Waals surface area contributed by atoms with E-state index in [0.29, 0.717) is 32.1 Å². The number of carboxylic acids is 1. The number of nitrogens with zero attached hydrogens (tertiary/aromatic N) is 1. The van der Waals surface area contributed by atoms with E-state index in [1.165, 1.54) is 0 Å². The number of likely N-dealkylation sites (tertiary alicyclic amines) is 1. The monoisotopic (exact) mass is 301 g/mol. The van der Waals surface area contributed by atoms with Crippen LogP contribution in [0.25, 0.3) is 0 Å². The maximum absolute atomic E-state index is 12.0. The maximum Gasteiger partial charge on any atom is 0.410 e. The number of carboxylic acid groups (broad SMARTS) is 1. The molecule has 1 saturated heterocycles. The standard InChI is InChI=1S/C15H27NO5/c1-15(2,3)21-14(19)16-8-4-6-12(10-16)11-20-9-5-7-13(17)18/h12H,4-11H2,1-3H3,(H,17,18).